The van der Waals surface area contributed by atoms with Crippen LogP contribution in [-0.2, 0) is 21.1 Å². The minimum Gasteiger partial charge on any atom is -0.468 e. The minimum atomic E-state index is -4.57. The van der Waals surface area contributed by atoms with Crippen LogP contribution in [0.1, 0.15) is 16.7 Å². The number of nitrogens with zero attached hydrogens (tertiary/aromatic N) is 1. The van der Waals surface area contributed by atoms with E-state index in [2.05, 4.69) is 4.98 Å². The van der Waals surface area contributed by atoms with Crippen molar-refractivity contribution in [3.05, 3.63) is 81.5 Å². The quantitative estimate of drug-likeness (QED) is 0.405. The molecule has 1 N–H and O–H groups in total. The molecule has 9 heteroatoms. The number of alkyl halides is 3. The van der Waals surface area contributed by atoms with E-state index < -0.39 is 34.6 Å². The number of aromatic amines is 1. The van der Waals surface area contributed by atoms with Gasteiger partial charge in [0.15, 0.2) is 5.41 Å². The van der Waals surface area contributed by atoms with E-state index in [-0.39, 0.29) is 11.1 Å². The number of ether oxygens (including phenoxy) is 1. The van der Waals surface area contributed by atoms with E-state index in [0.29, 0.717) is 10.9 Å². The van der Waals surface area contributed by atoms with Gasteiger partial charge in [0.2, 0.25) is 6.54 Å². The van der Waals surface area contributed by atoms with Crippen LogP contribution in [0, 0.1) is 10.1 Å². The molecule has 0 unspecified atom stereocenters. The molecule has 0 bridgehead atoms. The fraction of sp³-hybridized carbons (Fsp3) is 0.211. The maximum atomic E-state index is 12.9. The molecule has 3 rings (SSSR count). The molecule has 0 radical (unpaired) electrons. The molecule has 28 heavy (non-hydrogen) atoms. The van der Waals surface area contributed by atoms with Crippen LogP contribution in [0.2, 0.25) is 0 Å². The van der Waals surface area contributed by atoms with Crippen LogP contribution in [0.4, 0.5) is 13.2 Å². The van der Waals surface area contributed by atoms with E-state index in [1.165, 1.54) is 6.20 Å². The van der Waals surface area contributed by atoms with Gasteiger partial charge in [-0.1, -0.05) is 30.3 Å². The maximum Gasteiger partial charge on any atom is 0.416 e. The summed E-state index contributed by atoms with van der Waals surface area (Å²) in [5.74, 6) is -0.936. The van der Waals surface area contributed by atoms with Gasteiger partial charge >= 0.3 is 12.1 Å². The van der Waals surface area contributed by atoms with Crippen LogP contribution in [0.15, 0.2) is 54.7 Å². The molecule has 146 valence electrons. The number of para-hydroxylation sites is 1. The van der Waals surface area contributed by atoms with Gasteiger partial charge in [-0.15, -0.1) is 0 Å². The van der Waals surface area contributed by atoms with Crippen molar-refractivity contribution in [3.8, 4) is 0 Å². The summed E-state index contributed by atoms with van der Waals surface area (Å²) in [6, 6.07) is 10.6. The minimum absolute atomic E-state index is 0.0359. The summed E-state index contributed by atoms with van der Waals surface area (Å²) in [4.78, 5) is 26.6. The van der Waals surface area contributed by atoms with Gasteiger partial charge in [0, 0.05) is 27.6 Å². The highest BCUT2D eigenvalue weighted by molar-refractivity contribution is 5.95. The van der Waals surface area contributed by atoms with Crippen molar-refractivity contribution < 1.29 is 27.6 Å². The van der Waals surface area contributed by atoms with E-state index in [9.17, 15) is 28.1 Å². The molecular weight excluding hydrogens is 377 g/mol. The van der Waals surface area contributed by atoms with Crippen molar-refractivity contribution in [2.75, 3.05) is 13.7 Å². The average Bonchev–Trinajstić information content (AvgIpc) is 3.09. The highest BCUT2D eigenvalue weighted by Gasteiger charge is 2.50. The molecule has 1 heterocycles. The van der Waals surface area contributed by atoms with Crippen LogP contribution in [0.25, 0.3) is 10.9 Å². The first-order chi connectivity index (χ1) is 13.2. The number of methoxy groups -OCH3 is 1. The standard InChI is InChI=1S/C19H15F3N2O4/c1-28-17(25)18(11-24(26)27,12-6-8-13(9-7-12)19(20,21)22)15-10-23-16-5-3-2-4-14(15)16/h2-10,23H,11H2,1H3/t18-/m1/s1. The summed E-state index contributed by atoms with van der Waals surface area (Å²) in [5, 5.41) is 12.0. The number of esters is 1. The van der Waals surface area contributed by atoms with E-state index in [0.717, 1.165) is 31.4 Å². The number of aromatic nitrogens is 1. The van der Waals surface area contributed by atoms with Crippen LogP contribution in [0.5, 0.6) is 0 Å². The Morgan fingerprint density at radius 2 is 1.71 bits per heavy atom. The predicted molar refractivity (Wildman–Crippen MR) is 94.4 cm³/mol. The smallest absolute Gasteiger partial charge is 0.416 e. The van der Waals surface area contributed by atoms with E-state index in [4.69, 9.17) is 4.74 Å². The Morgan fingerprint density at radius 3 is 2.29 bits per heavy atom. The third-order valence-corrected chi connectivity index (χ3v) is 4.65. The van der Waals surface area contributed by atoms with Gasteiger partial charge in [-0.25, -0.2) is 0 Å². The molecule has 1 aromatic heterocycles. The summed E-state index contributed by atoms with van der Waals surface area (Å²) in [7, 11) is 1.08. The van der Waals surface area contributed by atoms with Gasteiger partial charge in [0.25, 0.3) is 0 Å². The summed E-state index contributed by atoms with van der Waals surface area (Å²) in [6.45, 7) is -0.882. The number of halogens is 3. The molecule has 0 saturated heterocycles. The lowest BCUT2D eigenvalue weighted by molar-refractivity contribution is -0.486. The number of rotatable bonds is 5. The molecule has 6 nitrogen and oxygen atoms in total. The molecule has 0 fully saturated rings. The third-order valence-electron chi connectivity index (χ3n) is 4.65. The molecule has 0 aliphatic carbocycles. The lowest BCUT2D eigenvalue weighted by Crippen LogP contribution is -2.44. The number of carbonyl (C=O) groups is 1. The maximum absolute atomic E-state index is 12.9. The Labute approximate surface area is 157 Å². The molecular formula is C19H15F3N2O4. The van der Waals surface area contributed by atoms with Gasteiger partial charge in [-0.3, -0.25) is 14.9 Å². The fourth-order valence-electron chi connectivity index (χ4n) is 3.36. The van der Waals surface area contributed by atoms with Crippen molar-refractivity contribution in [1.29, 1.82) is 0 Å². The Bertz CT molecular complexity index is 1030. The van der Waals surface area contributed by atoms with E-state index in [1.54, 1.807) is 24.3 Å². The van der Waals surface area contributed by atoms with E-state index in [1.807, 2.05) is 0 Å². The molecule has 0 spiro atoms. The fourth-order valence-corrected chi connectivity index (χ4v) is 3.36. The first-order valence-corrected chi connectivity index (χ1v) is 8.14. The van der Waals surface area contributed by atoms with Crippen LogP contribution in [0.3, 0.4) is 0 Å². The molecule has 0 saturated carbocycles. The highest BCUT2D eigenvalue weighted by Crippen LogP contribution is 2.39. The number of H-pyrrole nitrogens is 1. The topological polar surface area (TPSA) is 85.2 Å². The van der Waals surface area contributed by atoms with Crippen LogP contribution >= 0.6 is 0 Å². The number of nitrogens with one attached hydrogen (secondary N) is 1. The number of hydrogen-bond donors (Lipinski definition) is 1. The number of hydrogen-bond acceptors (Lipinski definition) is 4. The first-order valence-electron chi connectivity index (χ1n) is 8.14. The van der Waals surface area contributed by atoms with Gasteiger partial charge in [0.05, 0.1) is 12.7 Å². The average molecular weight is 392 g/mol. The number of fused-ring (bicyclic) bond motifs is 1. The van der Waals surface area contributed by atoms with Gasteiger partial charge < -0.3 is 9.72 Å². The molecule has 0 aliphatic heterocycles. The van der Waals surface area contributed by atoms with Crippen LogP contribution < -0.4 is 0 Å². The van der Waals surface area contributed by atoms with Gasteiger partial charge in [0.1, 0.15) is 0 Å². The predicted octanol–water partition coefficient (Wildman–Crippen LogP) is 3.92. The second-order valence-corrected chi connectivity index (χ2v) is 6.21. The number of benzene rings is 2. The second-order valence-electron chi connectivity index (χ2n) is 6.21. The van der Waals surface area contributed by atoms with Crippen LogP contribution in [-0.4, -0.2) is 29.5 Å². The SMILES string of the molecule is COC(=O)[C@](C[N+](=O)[O-])(c1ccc(C(F)(F)F)cc1)c1c[nH]c2ccccc12. The molecule has 1 atom stereocenters. The number of nitro groups is 1. The Morgan fingerprint density at radius 1 is 1.11 bits per heavy atom. The zero-order valence-corrected chi connectivity index (χ0v) is 14.6. The molecule has 0 amide bonds. The van der Waals surface area contributed by atoms with Crippen molar-refractivity contribution in [2.45, 2.75) is 11.6 Å². The summed E-state index contributed by atoms with van der Waals surface area (Å²) in [5.41, 5.74) is -1.92. The Balaban J connectivity index is 2.30. The van der Waals surface area contributed by atoms with Gasteiger partial charge in [-0.2, -0.15) is 13.2 Å². The van der Waals surface area contributed by atoms with E-state index >= 15 is 0 Å². The summed E-state index contributed by atoms with van der Waals surface area (Å²) < 4.78 is 43.6. The van der Waals surface area contributed by atoms with Crippen molar-refractivity contribution in [2.24, 2.45) is 0 Å². The zero-order valence-electron chi connectivity index (χ0n) is 14.6. The summed E-state index contributed by atoms with van der Waals surface area (Å²) in [6.07, 6.45) is -3.13. The van der Waals surface area contributed by atoms with Crippen molar-refractivity contribution in [3.63, 3.8) is 0 Å². The molecule has 3 aromatic rings. The second kappa shape index (κ2) is 6.99. The third kappa shape index (κ3) is 3.19. The normalized spacial score (nSPS) is 13.9. The van der Waals surface area contributed by atoms with Crippen molar-refractivity contribution in [1.82, 2.24) is 4.98 Å². The first kappa shape index (κ1) is 19.4. The monoisotopic (exact) mass is 392 g/mol. The van der Waals surface area contributed by atoms with Gasteiger partial charge in [-0.05, 0) is 23.8 Å². The molecule has 0 aliphatic rings. The zero-order chi connectivity index (χ0) is 20.5. The highest BCUT2D eigenvalue weighted by atomic mass is 19.4. The Hall–Kier alpha value is -3.36. The Kier molecular flexibility index (Phi) is 4.84. The molecule has 2 aromatic carbocycles. The lowest BCUT2D eigenvalue weighted by Gasteiger charge is -2.28. The largest absolute Gasteiger partial charge is 0.468 e. The van der Waals surface area contributed by atoms with Crippen molar-refractivity contribution >= 4 is 16.9 Å². The summed E-state index contributed by atoms with van der Waals surface area (Å²) >= 11 is 0. The number of carbonyl (C=O) groups excluding carboxylic acids is 1. The lowest BCUT2D eigenvalue weighted by atomic mass is 9.74.